The lowest BCUT2D eigenvalue weighted by atomic mass is 10.1. The van der Waals surface area contributed by atoms with E-state index in [1.165, 1.54) is 12.8 Å². The van der Waals surface area contributed by atoms with E-state index < -0.39 is 0 Å². The van der Waals surface area contributed by atoms with Crippen LogP contribution in [0.2, 0.25) is 0 Å². The number of aldehydes is 1. The van der Waals surface area contributed by atoms with Gasteiger partial charge in [-0.2, -0.15) is 5.26 Å². The first-order chi connectivity index (χ1) is 8.22. The van der Waals surface area contributed by atoms with Gasteiger partial charge in [-0.3, -0.25) is 4.79 Å². The fourth-order valence-corrected chi connectivity index (χ4v) is 1.77. The van der Waals surface area contributed by atoms with Crippen LogP contribution in [0.25, 0.3) is 0 Å². The van der Waals surface area contributed by atoms with E-state index in [2.05, 4.69) is 17.9 Å². The van der Waals surface area contributed by atoms with Crippen molar-refractivity contribution in [3.63, 3.8) is 0 Å². The monoisotopic (exact) mass is 230 g/mol. The molecule has 0 aliphatic carbocycles. The van der Waals surface area contributed by atoms with Crippen LogP contribution in [0.4, 0.5) is 5.69 Å². The lowest BCUT2D eigenvalue weighted by Crippen LogP contribution is -2.19. The summed E-state index contributed by atoms with van der Waals surface area (Å²) in [5, 5.41) is 9.07. The second kappa shape index (κ2) is 6.70. The molecule has 0 saturated carbocycles. The van der Waals surface area contributed by atoms with Crippen molar-refractivity contribution in [2.75, 3.05) is 18.5 Å². The van der Waals surface area contributed by atoms with Gasteiger partial charge in [0.15, 0.2) is 0 Å². The lowest BCUT2D eigenvalue weighted by molar-refractivity contribution is 0.112. The number of hydrogen-bond donors (Lipinski definition) is 0. The first-order valence-electron chi connectivity index (χ1n) is 5.93. The molecule has 0 fully saturated rings. The second-order valence-corrected chi connectivity index (χ2v) is 4.13. The van der Waals surface area contributed by atoms with Gasteiger partial charge >= 0.3 is 0 Å². The molecule has 0 aliphatic heterocycles. The maximum atomic E-state index is 10.6. The van der Waals surface area contributed by atoms with Crippen molar-refractivity contribution < 1.29 is 4.79 Å². The highest BCUT2D eigenvalue weighted by Crippen LogP contribution is 2.20. The maximum Gasteiger partial charge on any atom is 0.150 e. The number of carbonyl (C=O) groups is 1. The number of nitriles is 1. The smallest absolute Gasteiger partial charge is 0.150 e. The van der Waals surface area contributed by atoms with Crippen LogP contribution in [-0.4, -0.2) is 19.9 Å². The molecule has 0 heterocycles. The van der Waals surface area contributed by atoms with Crippen LogP contribution < -0.4 is 4.90 Å². The van der Waals surface area contributed by atoms with Crippen LogP contribution in [-0.2, 0) is 0 Å². The zero-order chi connectivity index (χ0) is 12.7. The van der Waals surface area contributed by atoms with Crippen LogP contribution >= 0.6 is 0 Å². The molecule has 0 saturated heterocycles. The Morgan fingerprint density at radius 1 is 1.41 bits per heavy atom. The molecule has 1 aromatic rings. The van der Waals surface area contributed by atoms with Gasteiger partial charge < -0.3 is 4.90 Å². The number of hydrogen-bond acceptors (Lipinski definition) is 3. The van der Waals surface area contributed by atoms with Crippen molar-refractivity contribution in [2.45, 2.75) is 26.2 Å². The van der Waals surface area contributed by atoms with Crippen LogP contribution in [0.3, 0.4) is 0 Å². The van der Waals surface area contributed by atoms with Crippen molar-refractivity contribution in [3.05, 3.63) is 29.3 Å². The molecular formula is C14H18N2O. The molecule has 3 heteroatoms. The molecule has 0 atom stereocenters. The zero-order valence-electron chi connectivity index (χ0n) is 10.4. The van der Waals surface area contributed by atoms with Gasteiger partial charge in [0.1, 0.15) is 12.4 Å². The first kappa shape index (κ1) is 13.2. The Bertz CT molecular complexity index is 421. The SMILES string of the molecule is CCCCCN(C)c1ccc(C=O)cc1C#N. The minimum Gasteiger partial charge on any atom is -0.374 e. The Morgan fingerprint density at radius 2 is 2.18 bits per heavy atom. The molecule has 17 heavy (non-hydrogen) atoms. The number of unbranched alkanes of at least 4 members (excludes halogenated alkanes) is 2. The van der Waals surface area contributed by atoms with E-state index in [0.717, 1.165) is 24.9 Å². The molecule has 0 unspecified atom stereocenters. The van der Waals surface area contributed by atoms with Gasteiger partial charge in [0, 0.05) is 19.2 Å². The van der Waals surface area contributed by atoms with E-state index >= 15 is 0 Å². The summed E-state index contributed by atoms with van der Waals surface area (Å²) in [6.07, 6.45) is 4.26. The third-order valence-electron chi connectivity index (χ3n) is 2.79. The minimum atomic E-state index is 0.548. The van der Waals surface area contributed by atoms with E-state index in [-0.39, 0.29) is 0 Å². The van der Waals surface area contributed by atoms with Crippen molar-refractivity contribution in [1.82, 2.24) is 0 Å². The fourth-order valence-electron chi connectivity index (χ4n) is 1.77. The van der Waals surface area contributed by atoms with Gasteiger partial charge in [-0.1, -0.05) is 19.8 Å². The standard InChI is InChI=1S/C14H18N2O/c1-3-4-5-8-16(2)14-7-6-12(11-17)9-13(14)10-15/h6-7,9,11H,3-5,8H2,1-2H3. The second-order valence-electron chi connectivity index (χ2n) is 4.13. The Kier molecular flexibility index (Phi) is 5.22. The summed E-state index contributed by atoms with van der Waals surface area (Å²) in [7, 11) is 1.98. The summed E-state index contributed by atoms with van der Waals surface area (Å²) in [5.41, 5.74) is 2.01. The summed E-state index contributed by atoms with van der Waals surface area (Å²) in [6, 6.07) is 7.37. The van der Waals surface area contributed by atoms with Crippen molar-refractivity contribution >= 4 is 12.0 Å². The van der Waals surface area contributed by atoms with Crippen LogP contribution in [0.1, 0.15) is 42.1 Å². The molecule has 1 aromatic carbocycles. The van der Waals surface area contributed by atoms with E-state index in [1.807, 2.05) is 13.1 Å². The molecular weight excluding hydrogens is 212 g/mol. The number of carbonyl (C=O) groups excluding carboxylic acids is 1. The van der Waals surface area contributed by atoms with Crippen LogP contribution in [0, 0.1) is 11.3 Å². The van der Waals surface area contributed by atoms with Crippen molar-refractivity contribution in [3.8, 4) is 6.07 Å². The van der Waals surface area contributed by atoms with Crippen LogP contribution in [0.5, 0.6) is 0 Å². The topological polar surface area (TPSA) is 44.1 Å². The highest BCUT2D eigenvalue weighted by Gasteiger charge is 2.07. The van der Waals surface area contributed by atoms with Gasteiger partial charge in [-0.05, 0) is 24.6 Å². The number of anilines is 1. The summed E-state index contributed by atoms with van der Waals surface area (Å²) in [5.74, 6) is 0. The molecule has 0 amide bonds. The highest BCUT2D eigenvalue weighted by atomic mass is 16.1. The largest absolute Gasteiger partial charge is 0.374 e. The average molecular weight is 230 g/mol. The van der Waals surface area contributed by atoms with Crippen LogP contribution in [0.15, 0.2) is 18.2 Å². The molecule has 3 nitrogen and oxygen atoms in total. The number of nitrogens with zero attached hydrogens (tertiary/aromatic N) is 2. The number of benzene rings is 1. The number of rotatable bonds is 6. The van der Waals surface area contributed by atoms with Gasteiger partial charge in [-0.25, -0.2) is 0 Å². The molecule has 0 spiro atoms. The van der Waals surface area contributed by atoms with Gasteiger partial charge in [0.2, 0.25) is 0 Å². The zero-order valence-corrected chi connectivity index (χ0v) is 10.4. The summed E-state index contributed by atoms with van der Waals surface area (Å²) in [6.45, 7) is 3.10. The van der Waals surface area contributed by atoms with E-state index in [9.17, 15) is 4.79 Å². The molecule has 90 valence electrons. The van der Waals surface area contributed by atoms with E-state index in [1.54, 1.807) is 12.1 Å². The highest BCUT2D eigenvalue weighted by molar-refractivity contribution is 5.78. The molecule has 0 radical (unpaired) electrons. The average Bonchev–Trinajstić information content (AvgIpc) is 2.38. The molecule has 1 rings (SSSR count). The summed E-state index contributed by atoms with van der Waals surface area (Å²) in [4.78, 5) is 12.7. The van der Waals surface area contributed by atoms with Gasteiger partial charge in [0.25, 0.3) is 0 Å². The maximum absolute atomic E-state index is 10.6. The Morgan fingerprint density at radius 3 is 2.76 bits per heavy atom. The lowest BCUT2D eigenvalue weighted by Gasteiger charge is -2.20. The first-order valence-corrected chi connectivity index (χ1v) is 5.93. The minimum absolute atomic E-state index is 0.548. The van der Waals surface area contributed by atoms with E-state index in [4.69, 9.17) is 5.26 Å². The summed E-state index contributed by atoms with van der Waals surface area (Å²) >= 11 is 0. The molecule has 0 bridgehead atoms. The van der Waals surface area contributed by atoms with E-state index in [0.29, 0.717) is 11.1 Å². The normalized spacial score (nSPS) is 9.71. The fraction of sp³-hybridized carbons (Fsp3) is 0.429. The predicted octanol–water partition coefficient (Wildman–Crippen LogP) is 3.00. The Hall–Kier alpha value is -1.82. The Balaban J connectivity index is 2.82. The third-order valence-corrected chi connectivity index (χ3v) is 2.79. The van der Waals surface area contributed by atoms with Crippen molar-refractivity contribution in [1.29, 1.82) is 5.26 Å². The molecule has 0 aromatic heterocycles. The predicted molar refractivity (Wildman–Crippen MR) is 69.3 cm³/mol. The molecule has 0 aliphatic rings. The quantitative estimate of drug-likeness (QED) is 0.557. The van der Waals surface area contributed by atoms with Crippen molar-refractivity contribution in [2.24, 2.45) is 0 Å². The van der Waals surface area contributed by atoms with Gasteiger partial charge in [-0.15, -0.1) is 0 Å². The Labute approximate surface area is 103 Å². The molecule has 0 N–H and O–H groups in total. The third kappa shape index (κ3) is 3.60. The summed E-state index contributed by atoms with van der Waals surface area (Å²) < 4.78 is 0. The van der Waals surface area contributed by atoms with Gasteiger partial charge in [0.05, 0.1) is 11.3 Å².